The molecule has 1 aromatic rings. The maximum atomic E-state index is 11.8. The summed E-state index contributed by atoms with van der Waals surface area (Å²) in [7, 11) is 0. The number of aromatic hydroxyl groups is 2. The van der Waals surface area contributed by atoms with E-state index in [0.717, 1.165) is 0 Å². The number of likely N-dealkylation sites (tertiary alicyclic amines) is 1. The van der Waals surface area contributed by atoms with Gasteiger partial charge in [0.2, 0.25) is 11.8 Å². The fourth-order valence-electron chi connectivity index (χ4n) is 2.78. The van der Waals surface area contributed by atoms with Crippen molar-refractivity contribution in [1.29, 1.82) is 0 Å². The fourth-order valence-corrected chi connectivity index (χ4v) is 3.18. The van der Waals surface area contributed by atoms with Gasteiger partial charge in [0.1, 0.15) is 6.61 Å². The van der Waals surface area contributed by atoms with Gasteiger partial charge in [-0.3, -0.25) is 19.2 Å². The predicted octanol–water partition coefficient (Wildman–Crippen LogP) is 0.0464. The summed E-state index contributed by atoms with van der Waals surface area (Å²) in [5, 5.41) is 18.7. The second-order valence-electron chi connectivity index (χ2n) is 7.33. The zero-order valence-electron chi connectivity index (χ0n) is 16.5. The van der Waals surface area contributed by atoms with E-state index in [4.69, 9.17) is 4.74 Å². The number of ether oxygens (including phenoxy) is 1. The largest absolute Gasteiger partial charge is 0.772 e. The molecular weight excluding hydrogens is 418 g/mol. The number of hydrazine groups is 1. The Bertz CT molecular complexity index is 849. The van der Waals surface area contributed by atoms with Gasteiger partial charge in [0, 0.05) is 25.4 Å². The van der Waals surface area contributed by atoms with E-state index in [-0.39, 0.29) is 42.8 Å². The number of phenolic OH excluding ortho intramolecular Hbond substituents is 2. The summed E-state index contributed by atoms with van der Waals surface area (Å²) in [6.45, 7) is 2.53. The molecule has 1 aromatic carbocycles. The number of β-lactam (4-membered cyclic amide) rings is 1. The molecule has 2 rings (SSSR count). The van der Waals surface area contributed by atoms with Crippen LogP contribution >= 0.6 is 0 Å². The molecule has 0 radical (unpaired) electrons. The quantitative estimate of drug-likeness (QED) is 0.189. The first-order valence-electron chi connectivity index (χ1n) is 9.13. The second kappa shape index (κ2) is 9.76. The molecule has 1 unspecified atom stereocenters. The van der Waals surface area contributed by atoms with Gasteiger partial charge in [-0.15, -0.1) is 0 Å². The van der Waals surface area contributed by atoms with Crippen LogP contribution in [0, 0.1) is 0 Å². The molecule has 3 amide bonds. The van der Waals surface area contributed by atoms with Gasteiger partial charge < -0.3 is 24.4 Å². The molecule has 1 aliphatic rings. The van der Waals surface area contributed by atoms with Crippen LogP contribution in [0.15, 0.2) is 18.2 Å². The van der Waals surface area contributed by atoms with Crippen LogP contribution in [0.5, 0.6) is 11.5 Å². The molecule has 1 aliphatic heterocycles. The molecule has 0 bridgehead atoms. The molecular formula is C18H24N3O8S-. The van der Waals surface area contributed by atoms with E-state index in [2.05, 4.69) is 5.43 Å². The standard InChI is InChI=1S/C18H25N3O8S/c1-11-7-16(25)21(11)9-18(2,30(27)28)10-29-17(26)20-19-15(24)6-4-12-3-5-13(22)14(23)8-12/h3,5,8,11,22-23H,4,6-7,9-10H2,1-2H3,(H,19,24)(H,20,26)(H,27,28)/p-1/t11-,18-/m1/s1. The summed E-state index contributed by atoms with van der Waals surface area (Å²) < 4.78 is 26.6. The number of benzene rings is 1. The molecule has 1 fully saturated rings. The lowest BCUT2D eigenvalue weighted by molar-refractivity contribution is -0.145. The highest BCUT2D eigenvalue weighted by Crippen LogP contribution is 2.26. The van der Waals surface area contributed by atoms with E-state index in [1.54, 1.807) is 6.92 Å². The lowest BCUT2D eigenvalue weighted by Crippen LogP contribution is -2.59. The zero-order valence-corrected chi connectivity index (χ0v) is 17.4. The van der Waals surface area contributed by atoms with Crippen molar-refractivity contribution >= 4 is 29.0 Å². The van der Waals surface area contributed by atoms with Crippen LogP contribution in [0.3, 0.4) is 0 Å². The summed E-state index contributed by atoms with van der Waals surface area (Å²) >= 11 is -2.62. The van der Waals surface area contributed by atoms with E-state index in [9.17, 15) is 33.4 Å². The molecule has 12 heteroatoms. The fraction of sp³-hybridized carbons (Fsp3) is 0.500. The van der Waals surface area contributed by atoms with Gasteiger partial charge in [-0.1, -0.05) is 6.07 Å². The summed E-state index contributed by atoms with van der Waals surface area (Å²) in [4.78, 5) is 36.6. The van der Waals surface area contributed by atoms with Crippen molar-refractivity contribution in [1.82, 2.24) is 15.8 Å². The Morgan fingerprint density at radius 3 is 2.60 bits per heavy atom. The predicted molar refractivity (Wildman–Crippen MR) is 104 cm³/mol. The number of carbonyl (C=O) groups is 3. The first-order chi connectivity index (χ1) is 14.0. The van der Waals surface area contributed by atoms with Crippen LogP contribution in [0.25, 0.3) is 0 Å². The molecule has 3 atom stereocenters. The Labute approximate surface area is 175 Å². The van der Waals surface area contributed by atoms with Gasteiger partial charge in [0.25, 0.3) is 0 Å². The summed E-state index contributed by atoms with van der Waals surface area (Å²) in [6.07, 6.45) is -0.489. The number of hydrogen-bond acceptors (Lipinski definition) is 8. The number of phenols is 2. The molecule has 30 heavy (non-hydrogen) atoms. The van der Waals surface area contributed by atoms with Gasteiger partial charge in [-0.2, -0.15) is 0 Å². The van der Waals surface area contributed by atoms with Gasteiger partial charge in [-0.05, 0) is 49.0 Å². The number of aryl methyl sites for hydroxylation is 1. The van der Waals surface area contributed by atoms with Crippen molar-refractivity contribution in [3.05, 3.63) is 23.8 Å². The number of carbonyl (C=O) groups excluding carboxylic acids is 3. The minimum atomic E-state index is -2.62. The van der Waals surface area contributed by atoms with Gasteiger partial charge in [0.05, 0.1) is 4.75 Å². The van der Waals surface area contributed by atoms with E-state index in [1.165, 1.54) is 30.0 Å². The van der Waals surface area contributed by atoms with Gasteiger partial charge in [-0.25, -0.2) is 10.2 Å². The van der Waals surface area contributed by atoms with Crippen molar-refractivity contribution in [3.8, 4) is 11.5 Å². The lowest BCUT2D eigenvalue weighted by atomic mass is 10.0. The Kier molecular flexibility index (Phi) is 7.62. The molecule has 0 spiro atoms. The number of nitrogens with one attached hydrogen (secondary N) is 2. The van der Waals surface area contributed by atoms with E-state index >= 15 is 0 Å². The molecule has 0 aromatic heterocycles. The molecule has 166 valence electrons. The van der Waals surface area contributed by atoms with Gasteiger partial charge >= 0.3 is 6.09 Å². The average Bonchev–Trinajstić information content (AvgIpc) is 2.69. The summed E-state index contributed by atoms with van der Waals surface area (Å²) in [6, 6.07) is 4.07. The second-order valence-corrected chi connectivity index (χ2v) is 8.79. The monoisotopic (exact) mass is 442 g/mol. The topological polar surface area (TPSA) is 168 Å². The lowest BCUT2D eigenvalue weighted by Gasteiger charge is -2.44. The maximum absolute atomic E-state index is 11.8. The van der Waals surface area contributed by atoms with E-state index in [0.29, 0.717) is 12.0 Å². The number of rotatable bonds is 8. The Hall–Kier alpha value is -2.86. The van der Waals surface area contributed by atoms with Crippen LogP contribution < -0.4 is 10.9 Å². The Morgan fingerprint density at radius 1 is 1.33 bits per heavy atom. The average molecular weight is 442 g/mol. The van der Waals surface area contributed by atoms with Crippen molar-refractivity contribution in [2.45, 2.75) is 43.9 Å². The number of nitrogens with zero attached hydrogens (tertiary/aromatic N) is 1. The van der Waals surface area contributed by atoms with Crippen LogP contribution in [0.4, 0.5) is 4.79 Å². The highest BCUT2D eigenvalue weighted by Gasteiger charge is 2.39. The molecule has 0 aliphatic carbocycles. The van der Waals surface area contributed by atoms with Crippen LogP contribution in [-0.4, -0.2) is 65.7 Å². The third-order valence-electron chi connectivity index (χ3n) is 4.72. The summed E-state index contributed by atoms with van der Waals surface area (Å²) in [5.41, 5.74) is 4.75. The molecule has 1 saturated heterocycles. The van der Waals surface area contributed by atoms with Crippen molar-refractivity contribution in [2.75, 3.05) is 13.2 Å². The SMILES string of the molecule is C[C@@H]1CC(=O)N1C[C@](C)(COC(=O)NNC(=O)CCc1ccc(O)c(O)c1)S(=O)[O-]. The molecule has 11 nitrogen and oxygen atoms in total. The maximum Gasteiger partial charge on any atom is 0.426 e. The number of amides is 3. The smallest absolute Gasteiger partial charge is 0.426 e. The van der Waals surface area contributed by atoms with Crippen LogP contribution in [-0.2, 0) is 31.8 Å². The Balaban J connectivity index is 1.75. The van der Waals surface area contributed by atoms with Crippen molar-refractivity contribution < 1.29 is 38.1 Å². The third-order valence-corrected chi connectivity index (χ3v) is 5.77. The minimum absolute atomic E-state index is 0.0260. The first-order valence-corrected chi connectivity index (χ1v) is 10.2. The van der Waals surface area contributed by atoms with Crippen molar-refractivity contribution in [2.24, 2.45) is 0 Å². The highest BCUT2D eigenvalue weighted by molar-refractivity contribution is 7.80. The first kappa shape index (κ1) is 23.4. The van der Waals surface area contributed by atoms with E-state index < -0.39 is 34.4 Å². The highest BCUT2D eigenvalue weighted by atomic mass is 32.2. The van der Waals surface area contributed by atoms with Crippen molar-refractivity contribution in [3.63, 3.8) is 0 Å². The zero-order chi connectivity index (χ0) is 22.5. The van der Waals surface area contributed by atoms with Gasteiger partial charge in [0.15, 0.2) is 11.5 Å². The molecule has 4 N–H and O–H groups in total. The van der Waals surface area contributed by atoms with E-state index in [1.807, 2.05) is 5.43 Å². The summed E-state index contributed by atoms with van der Waals surface area (Å²) in [5.74, 6) is -1.29. The molecule has 1 heterocycles. The number of hydrogen-bond donors (Lipinski definition) is 4. The van der Waals surface area contributed by atoms with Crippen LogP contribution in [0.2, 0.25) is 0 Å². The van der Waals surface area contributed by atoms with Crippen LogP contribution in [0.1, 0.15) is 32.3 Å². The molecule has 0 saturated carbocycles. The third kappa shape index (κ3) is 6.07. The Morgan fingerprint density at radius 2 is 2.03 bits per heavy atom. The minimum Gasteiger partial charge on any atom is -0.772 e. The normalized spacial score (nSPS) is 18.7.